The summed E-state index contributed by atoms with van der Waals surface area (Å²) in [4.78, 5) is 6.91. The van der Waals surface area contributed by atoms with Gasteiger partial charge in [0.25, 0.3) is 0 Å². The van der Waals surface area contributed by atoms with Crippen molar-refractivity contribution in [1.82, 2.24) is 4.98 Å². The highest BCUT2D eigenvalue weighted by atomic mass is 16.5. The fraction of sp³-hybridized carbons (Fsp3) is 0.593. The summed E-state index contributed by atoms with van der Waals surface area (Å²) in [5, 5.41) is 10.0. The second-order valence-electron chi connectivity index (χ2n) is 9.93. The summed E-state index contributed by atoms with van der Waals surface area (Å²) < 4.78 is 6.15. The van der Waals surface area contributed by atoms with Crippen LogP contribution >= 0.6 is 0 Å². The maximum Gasteiger partial charge on any atom is 0.213 e. The first kappa shape index (κ1) is 22.0. The number of aromatic hydroxyl groups is 1. The van der Waals surface area contributed by atoms with E-state index in [0.29, 0.717) is 23.5 Å². The third-order valence-electron chi connectivity index (χ3n) is 6.94. The molecule has 1 aromatic carbocycles. The van der Waals surface area contributed by atoms with Crippen molar-refractivity contribution >= 4 is 5.69 Å². The Kier molecular flexibility index (Phi) is 7.04. The lowest BCUT2D eigenvalue weighted by molar-refractivity contribution is 0.216. The molecule has 1 aliphatic carbocycles. The van der Waals surface area contributed by atoms with E-state index >= 15 is 0 Å². The maximum atomic E-state index is 10.0. The summed E-state index contributed by atoms with van der Waals surface area (Å²) in [6.45, 7) is 9.54. The van der Waals surface area contributed by atoms with Crippen LogP contribution in [0.15, 0.2) is 36.5 Å². The Balaban J connectivity index is 1.32. The monoisotopic (exact) mass is 422 g/mol. The molecule has 0 amide bonds. The third kappa shape index (κ3) is 5.72. The first-order valence-corrected chi connectivity index (χ1v) is 12.2. The minimum atomic E-state index is 0.357. The molecule has 0 spiro atoms. The number of hydrogen-bond acceptors (Lipinski definition) is 4. The van der Waals surface area contributed by atoms with Gasteiger partial charge >= 0.3 is 0 Å². The van der Waals surface area contributed by atoms with Crippen molar-refractivity contribution in [3.05, 3.63) is 47.7 Å². The van der Waals surface area contributed by atoms with Crippen LogP contribution in [0.1, 0.15) is 69.9 Å². The van der Waals surface area contributed by atoms with Gasteiger partial charge in [0, 0.05) is 37.1 Å². The number of phenols is 1. The van der Waals surface area contributed by atoms with E-state index in [1.807, 2.05) is 18.3 Å². The zero-order valence-corrected chi connectivity index (χ0v) is 19.4. The van der Waals surface area contributed by atoms with E-state index in [9.17, 15) is 5.11 Å². The summed E-state index contributed by atoms with van der Waals surface area (Å²) in [5.74, 6) is 3.82. The van der Waals surface area contributed by atoms with Gasteiger partial charge < -0.3 is 14.7 Å². The topological polar surface area (TPSA) is 45.6 Å². The summed E-state index contributed by atoms with van der Waals surface area (Å²) in [6.07, 6.45) is 9.10. The van der Waals surface area contributed by atoms with E-state index in [-0.39, 0.29) is 0 Å². The van der Waals surface area contributed by atoms with Crippen LogP contribution in [0.4, 0.5) is 5.69 Å². The Bertz CT molecular complexity index is 854. The number of hydrogen-bond donors (Lipinski definition) is 1. The summed E-state index contributed by atoms with van der Waals surface area (Å²) in [7, 11) is 0. The van der Waals surface area contributed by atoms with E-state index < -0.39 is 0 Å². The molecule has 0 bridgehead atoms. The van der Waals surface area contributed by atoms with Crippen molar-refractivity contribution in [2.75, 3.05) is 24.6 Å². The molecule has 1 saturated carbocycles. The molecule has 31 heavy (non-hydrogen) atoms. The maximum absolute atomic E-state index is 10.0. The van der Waals surface area contributed by atoms with Gasteiger partial charge in [0.15, 0.2) is 0 Å². The molecule has 4 nitrogen and oxygen atoms in total. The molecule has 4 heteroatoms. The van der Waals surface area contributed by atoms with Crippen LogP contribution in [0.2, 0.25) is 0 Å². The first-order chi connectivity index (χ1) is 15.0. The molecule has 1 unspecified atom stereocenters. The molecule has 1 aliphatic heterocycles. The van der Waals surface area contributed by atoms with Gasteiger partial charge in [-0.25, -0.2) is 4.98 Å². The Labute approximate surface area is 187 Å². The number of benzene rings is 1. The average Bonchev–Trinajstić information content (AvgIpc) is 3.60. The van der Waals surface area contributed by atoms with Gasteiger partial charge in [0.2, 0.25) is 5.88 Å². The Morgan fingerprint density at radius 2 is 1.87 bits per heavy atom. The number of ether oxygens (including phenoxy) is 1. The number of phenolic OH excluding ortho intramolecular Hbond substituents is 1. The minimum Gasteiger partial charge on any atom is -0.508 e. The molecule has 2 heterocycles. The van der Waals surface area contributed by atoms with Gasteiger partial charge in [-0.3, -0.25) is 0 Å². The van der Waals surface area contributed by atoms with Gasteiger partial charge in [0.1, 0.15) is 5.75 Å². The standard InChI is InChI=1S/C27H38N2O2/c1-4-25(21-5-6-21)22-9-12-28-27(16-22)31-18-20-10-13-29(14-11-20)26-17-24(30)8-7-23(26)15-19(2)3/h7-9,12,16-17,19-21,25,30H,4-6,10-11,13-15,18H2,1-3H3. The summed E-state index contributed by atoms with van der Waals surface area (Å²) >= 11 is 0. The van der Waals surface area contributed by atoms with E-state index in [2.05, 4.69) is 48.9 Å². The molecule has 0 radical (unpaired) electrons. The largest absolute Gasteiger partial charge is 0.508 e. The Morgan fingerprint density at radius 1 is 1.10 bits per heavy atom. The van der Waals surface area contributed by atoms with Gasteiger partial charge in [-0.2, -0.15) is 0 Å². The van der Waals surface area contributed by atoms with Gasteiger partial charge in [-0.1, -0.05) is 26.8 Å². The van der Waals surface area contributed by atoms with Crippen LogP contribution in [-0.4, -0.2) is 29.8 Å². The molecule has 2 aliphatic rings. The Morgan fingerprint density at radius 3 is 2.55 bits per heavy atom. The number of piperidine rings is 1. The molecule has 1 N–H and O–H groups in total. The van der Waals surface area contributed by atoms with E-state index in [4.69, 9.17) is 4.74 Å². The van der Waals surface area contributed by atoms with Crippen molar-refractivity contribution in [1.29, 1.82) is 0 Å². The molecule has 2 aromatic rings. The van der Waals surface area contributed by atoms with Crippen molar-refractivity contribution in [3.63, 3.8) is 0 Å². The number of pyridine rings is 1. The molecule has 4 rings (SSSR count). The number of anilines is 1. The van der Waals surface area contributed by atoms with Gasteiger partial charge in [0.05, 0.1) is 6.61 Å². The highest BCUT2D eigenvalue weighted by Crippen LogP contribution is 2.44. The fourth-order valence-corrected chi connectivity index (χ4v) is 5.08. The number of nitrogens with zero attached hydrogens (tertiary/aromatic N) is 2. The number of rotatable bonds is 9. The quantitative estimate of drug-likeness (QED) is 0.524. The molecular formula is C27H38N2O2. The van der Waals surface area contributed by atoms with Crippen molar-refractivity contribution in [2.24, 2.45) is 17.8 Å². The van der Waals surface area contributed by atoms with Crippen LogP contribution in [0.3, 0.4) is 0 Å². The van der Waals surface area contributed by atoms with Gasteiger partial charge in [-0.05, 0) is 85.5 Å². The lowest BCUT2D eigenvalue weighted by atomic mass is 9.92. The molecule has 1 aromatic heterocycles. The number of aromatic nitrogens is 1. The molecule has 2 fully saturated rings. The Hall–Kier alpha value is -2.23. The van der Waals surface area contributed by atoms with E-state index in [1.165, 1.54) is 36.1 Å². The minimum absolute atomic E-state index is 0.357. The van der Waals surface area contributed by atoms with Crippen molar-refractivity contribution < 1.29 is 9.84 Å². The fourth-order valence-electron chi connectivity index (χ4n) is 5.08. The normalized spacial score (nSPS) is 18.4. The predicted molar refractivity (Wildman–Crippen MR) is 127 cm³/mol. The summed E-state index contributed by atoms with van der Waals surface area (Å²) in [5.41, 5.74) is 3.93. The first-order valence-electron chi connectivity index (χ1n) is 12.2. The zero-order chi connectivity index (χ0) is 21.8. The van der Waals surface area contributed by atoms with E-state index in [1.54, 1.807) is 0 Å². The SMILES string of the molecule is CCC(c1ccnc(OCC2CCN(c3cc(O)ccc3CC(C)C)CC2)c1)C1CC1. The highest BCUT2D eigenvalue weighted by Gasteiger charge is 2.31. The van der Waals surface area contributed by atoms with Crippen molar-refractivity contribution in [2.45, 2.75) is 65.2 Å². The van der Waals surface area contributed by atoms with Crippen molar-refractivity contribution in [3.8, 4) is 11.6 Å². The van der Waals surface area contributed by atoms with Gasteiger partial charge in [-0.15, -0.1) is 0 Å². The van der Waals surface area contributed by atoms with Crippen LogP contribution in [0.25, 0.3) is 0 Å². The van der Waals surface area contributed by atoms with Crippen LogP contribution in [0, 0.1) is 17.8 Å². The predicted octanol–water partition coefficient (Wildman–Crippen LogP) is 6.18. The molecule has 168 valence electrons. The highest BCUT2D eigenvalue weighted by molar-refractivity contribution is 5.57. The van der Waals surface area contributed by atoms with E-state index in [0.717, 1.165) is 50.8 Å². The zero-order valence-electron chi connectivity index (χ0n) is 19.4. The van der Waals surface area contributed by atoms with Crippen LogP contribution in [-0.2, 0) is 6.42 Å². The van der Waals surface area contributed by atoms with Crippen LogP contribution < -0.4 is 9.64 Å². The molecular weight excluding hydrogens is 384 g/mol. The lowest BCUT2D eigenvalue weighted by Gasteiger charge is -2.35. The summed E-state index contributed by atoms with van der Waals surface area (Å²) in [6, 6.07) is 10.2. The average molecular weight is 423 g/mol. The van der Waals surface area contributed by atoms with Crippen LogP contribution in [0.5, 0.6) is 11.6 Å². The molecule has 1 atom stereocenters. The second kappa shape index (κ2) is 9.93. The smallest absolute Gasteiger partial charge is 0.213 e. The molecule has 1 saturated heterocycles. The third-order valence-corrected chi connectivity index (χ3v) is 6.94. The second-order valence-corrected chi connectivity index (χ2v) is 9.93. The lowest BCUT2D eigenvalue weighted by Crippen LogP contribution is -2.36.